The van der Waals surface area contributed by atoms with Gasteiger partial charge < -0.3 is 4.52 Å². The molecule has 3 aromatic rings. The van der Waals surface area contributed by atoms with Gasteiger partial charge >= 0.3 is 0 Å². The molecular formula is C16H20N6OS2. The molecule has 0 spiro atoms. The van der Waals surface area contributed by atoms with E-state index in [1.807, 2.05) is 35.2 Å². The molecule has 4 rings (SSSR count). The number of hydrogen-bond acceptors (Lipinski definition) is 7. The number of piperazine rings is 1. The third kappa shape index (κ3) is 3.90. The SMILES string of the molecule is Cc1cc(CN2CCN(Cn3[nH]c(-c4cccs4)nc3=S)CC2)on1. The van der Waals surface area contributed by atoms with E-state index in [1.165, 1.54) is 0 Å². The molecule has 1 N–H and O–H groups in total. The lowest BCUT2D eigenvalue weighted by Gasteiger charge is -2.33. The maximum absolute atomic E-state index is 5.40. The second kappa shape index (κ2) is 7.20. The number of aryl methyl sites for hydroxylation is 1. The molecule has 3 aromatic heterocycles. The Morgan fingerprint density at radius 1 is 1.28 bits per heavy atom. The van der Waals surface area contributed by atoms with E-state index >= 15 is 0 Å². The number of nitrogens with zero attached hydrogens (tertiary/aromatic N) is 5. The van der Waals surface area contributed by atoms with E-state index in [0.717, 1.165) is 61.5 Å². The number of hydrogen-bond donors (Lipinski definition) is 1. The molecule has 1 aliphatic rings. The third-order valence-electron chi connectivity index (χ3n) is 4.30. The van der Waals surface area contributed by atoms with Crippen LogP contribution in [0.3, 0.4) is 0 Å². The second-order valence-corrected chi connectivity index (χ2v) is 7.54. The van der Waals surface area contributed by atoms with Crippen LogP contribution in [0.5, 0.6) is 0 Å². The molecule has 9 heteroatoms. The fourth-order valence-electron chi connectivity index (χ4n) is 2.98. The van der Waals surface area contributed by atoms with E-state index in [1.54, 1.807) is 11.3 Å². The first-order chi connectivity index (χ1) is 12.2. The Morgan fingerprint density at radius 3 is 2.76 bits per heavy atom. The van der Waals surface area contributed by atoms with Gasteiger partial charge in [-0.3, -0.25) is 14.9 Å². The zero-order valence-electron chi connectivity index (χ0n) is 14.0. The standard InChI is InChI=1S/C16H20N6OS2/c1-12-9-13(23-19-12)10-20-4-6-21(7-5-20)11-22-16(24)17-15(18-22)14-3-2-8-25-14/h2-3,8-9H,4-7,10-11H2,1H3,(H,17,18,24). The van der Waals surface area contributed by atoms with Crippen LogP contribution >= 0.6 is 23.6 Å². The van der Waals surface area contributed by atoms with Crippen molar-refractivity contribution in [3.05, 3.63) is 39.8 Å². The number of aromatic amines is 1. The molecule has 0 saturated carbocycles. The van der Waals surface area contributed by atoms with E-state index in [0.29, 0.717) is 4.77 Å². The fraction of sp³-hybridized carbons (Fsp3) is 0.438. The second-order valence-electron chi connectivity index (χ2n) is 6.23. The van der Waals surface area contributed by atoms with Gasteiger partial charge in [-0.15, -0.1) is 11.3 Å². The van der Waals surface area contributed by atoms with Crippen LogP contribution in [-0.2, 0) is 13.2 Å². The average Bonchev–Trinajstić information content (AvgIpc) is 3.32. The summed E-state index contributed by atoms with van der Waals surface area (Å²) in [5, 5.41) is 9.31. The molecule has 1 fully saturated rings. The van der Waals surface area contributed by atoms with Gasteiger partial charge in [0.15, 0.2) is 11.6 Å². The van der Waals surface area contributed by atoms with Crippen LogP contribution in [0.15, 0.2) is 28.1 Å². The minimum atomic E-state index is 0.600. The van der Waals surface area contributed by atoms with E-state index in [9.17, 15) is 0 Å². The molecule has 0 aromatic carbocycles. The van der Waals surface area contributed by atoms with Gasteiger partial charge in [0.1, 0.15) is 0 Å². The highest BCUT2D eigenvalue weighted by Crippen LogP contribution is 2.20. The molecule has 1 aliphatic heterocycles. The minimum Gasteiger partial charge on any atom is -0.360 e. The van der Waals surface area contributed by atoms with Crippen molar-refractivity contribution in [2.45, 2.75) is 20.1 Å². The van der Waals surface area contributed by atoms with Gasteiger partial charge in [-0.05, 0) is 30.6 Å². The van der Waals surface area contributed by atoms with Gasteiger partial charge in [-0.25, -0.2) is 4.68 Å². The number of aromatic nitrogens is 4. The first kappa shape index (κ1) is 16.6. The summed E-state index contributed by atoms with van der Waals surface area (Å²) in [4.78, 5) is 10.3. The summed E-state index contributed by atoms with van der Waals surface area (Å²) in [7, 11) is 0. The molecule has 7 nitrogen and oxygen atoms in total. The van der Waals surface area contributed by atoms with Crippen molar-refractivity contribution < 1.29 is 4.52 Å². The van der Waals surface area contributed by atoms with E-state index < -0.39 is 0 Å². The largest absolute Gasteiger partial charge is 0.360 e. The number of rotatable bonds is 5. The Hall–Kier alpha value is -1.81. The summed E-state index contributed by atoms with van der Waals surface area (Å²) in [6.45, 7) is 7.49. The Balaban J connectivity index is 1.33. The first-order valence-electron chi connectivity index (χ1n) is 8.25. The van der Waals surface area contributed by atoms with Crippen molar-refractivity contribution in [3.63, 3.8) is 0 Å². The molecular weight excluding hydrogens is 356 g/mol. The Labute approximate surface area is 154 Å². The number of H-pyrrole nitrogens is 1. The number of thiophene rings is 1. The van der Waals surface area contributed by atoms with Crippen LogP contribution in [0.2, 0.25) is 0 Å². The molecule has 0 radical (unpaired) electrons. The minimum absolute atomic E-state index is 0.600. The normalized spacial score (nSPS) is 16.5. The van der Waals surface area contributed by atoms with Crippen molar-refractivity contribution >= 4 is 23.6 Å². The molecule has 1 saturated heterocycles. The van der Waals surface area contributed by atoms with Crippen molar-refractivity contribution in [3.8, 4) is 10.7 Å². The zero-order chi connectivity index (χ0) is 17.2. The zero-order valence-corrected chi connectivity index (χ0v) is 15.6. The van der Waals surface area contributed by atoms with Gasteiger partial charge in [-0.1, -0.05) is 11.2 Å². The summed E-state index contributed by atoms with van der Waals surface area (Å²) < 4.78 is 7.85. The maximum atomic E-state index is 5.40. The molecule has 0 amide bonds. The van der Waals surface area contributed by atoms with E-state index in [-0.39, 0.29) is 0 Å². The van der Waals surface area contributed by atoms with Crippen LogP contribution in [0.25, 0.3) is 10.7 Å². The Bertz CT molecular complexity index is 873. The molecule has 132 valence electrons. The van der Waals surface area contributed by atoms with Gasteiger partial charge in [-0.2, -0.15) is 4.98 Å². The lowest BCUT2D eigenvalue weighted by atomic mass is 10.3. The van der Waals surface area contributed by atoms with E-state index in [2.05, 4.69) is 25.0 Å². The lowest BCUT2D eigenvalue weighted by molar-refractivity contribution is 0.0921. The molecule has 0 bridgehead atoms. The highest BCUT2D eigenvalue weighted by molar-refractivity contribution is 7.71. The summed E-state index contributed by atoms with van der Waals surface area (Å²) in [6, 6.07) is 6.07. The predicted molar refractivity (Wildman–Crippen MR) is 98.8 cm³/mol. The Morgan fingerprint density at radius 2 is 2.08 bits per heavy atom. The third-order valence-corrected chi connectivity index (χ3v) is 5.48. The highest BCUT2D eigenvalue weighted by Gasteiger charge is 2.19. The van der Waals surface area contributed by atoms with Crippen LogP contribution in [0, 0.1) is 11.7 Å². The smallest absolute Gasteiger partial charge is 0.217 e. The van der Waals surface area contributed by atoms with Crippen LogP contribution in [0.4, 0.5) is 0 Å². The molecule has 0 aliphatic carbocycles. The van der Waals surface area contributed by atoms with Crippen LogP contribution in [-0.4, -0.2) is 55.9 Å². The monoisotopic (exact) mass is 376 g/mol. The summed E-state index contributed by atoms with van der Waals surface area (Å²) >= 11 is 7.06. The van der Waals surface area contributed by atoms with Crippen molar-refractivity contribution in [2.75, 3.05) is 26.2 Å². The van der Waals surface area contributed by atoms with Gasteiger partial charge in [0.25, 0.3) is 0 Å². The fourth-order valence-corrected chi connectivity index (χ4v) is 3.83. The van der Waals surface area contributed by atoms with Gasteiger partial charge in [0, 0.05) is 32.2 Å². The highest BCUT2D eigenvalue weighted by atomic mass is 32.1. The maximum Gasteiger partial charge on any atom is 0.217 e. The van der Waals surface area contributed by atoms with Gasteiger partial charge in [0.05, 0.1) is 23.8 Å². The molecule has 25 heavy (non-hydrogen) atoms. The molecule has 0 atom stereocenters. The topological polar surface area (TPSA) is 66.1 Å². The first-order valence-corrected chi connectivity index (χ1v) is 9.54. The summed E-state index contributed by atoms with van der Waals surface area (Å²) in [5.41, 5.74) is 0.934. The van der Waals surface area contributed by atoms with Gasteiger partial charge in [0.2, 0.25) is 4.77 Å². The van der Waals surface area contributed by atoms with Crippen molar-refractivity contribution in [1.29, 1.82) is 0 Å². The quantitative estimate of drug-likeness (QED) is 0.691. The van der Waals surface area contributed by atoms with Crippen LogP contribution in [0.1, 0.15) is 11.5 Å². The summed E-state index contributed by atoms with van der Waals surface area (Å²) in [6.07, 6.45) is 0. The number of nitrogens with one attached hydrogen (secondary N) is 1. The van der Waals surface area contributed by atoms with Crippen molar-refractivity contribution in [2.24, 2.45) is 0 Å². The van der Waals surface area contributed by atoms with Crippen LogP contribution < -0.4 is 0 Å². The molecule has 0 unspecified atom stereocenters. The average molecular weight is 377 g/mol. The Kier molecular flexibility index (Phi) is 4.80. The van der Waals surface area contributed by atoms with E-state index in [4.69, 9.17) is 16.7 Å². The predicted octanol–water partition coefficient (Wildman–Crippen LogP) is 2.74. The molecule has 4 heterocycles. The lowest BCUT2D eigenvalue weighted by Crippen LogP contribution is -2.46. The van der Waals surface area contributed by atoms with Crippen molar-refractivity contribution in [1.82, 2.24) is 29.7 Å². The summed E-state index contributed by atoms with van der Waals surface area (Å²) in [5.74, 6) is 1.78.